The first kappa shape index (κ1) is 7.68. The molecule has 1 fully saturated rings. The summed E-state index contributed by atoms with van der Waals surface area (Å²) < 4.78 is 0. The van der Waals surface area contributed by atoms with E-state index in [1.807, 2.05) is 6.20 Å². The van der Waals surface area contributed by atoms with Crippen LogP contribution in [0.3, 0.4) is 0 Å². The summed E-state index contributed by atoms with van der Waals surface area (Å²) in [5.74, 6) is 0. The molecule has 0 bridgehead atoms. The summed E-state index contributed by atoms with van der Waals surface area (Å²) in [7, 11) is 0. The van der Waals surface area contributed by atoms with E-state index in [0.717, 1.165) is 18.7 Å². The summed E-state index contributed by atoms with van der Waals surface area (Å²) in [6.07, 6.45) is 8.91. The van der Waals surface area contributed by atoms with Gasteiger partial charge in [-0.25, -0.2) is 0 Å². The van der Waals surface area contributed by atoms with Gasteiger partial charge in [-0.15, -0.1) is 0 Å². The molecule has 1 aliphatic heterocycles. The van der Waals surface area contributed by atoms with Crippen molar-refractivity contribution in [3.05, 3.63) is 24.3 Å². The molecule has 0 aliphatic carbocycles. The van der Waals surface area contributed by atoms with E-state index in [9.17, 15) is 0 Å². The lowest BCUT2D eigenvalue weighted by molar-refractivity contribution is 0.593. The first-order valence-corrected chi connectivity index (χ1v) is 4.43. The van der Waals surface area contributed by atoms with Crippen molar-refractivity contribution in [2.75, 3.05) is 6.54 Å². The second kappa shape index (κ2) is 3.63. The molecule has 12 heavy (non-hydrogen) atoms. The highest BCUT2D eigenvalue weighted by molar-refractivity contribution is 4.98. The third-order valence-electron chi connectivity index (χ3n) is 2.23. The largest absolute Gasteiger partial charge is 0.314 e. The predicted octanol–water partition coefficient (Wildman–Crippen LogP) is 0.771. The highest BCUT2D eigenvalue weighted by Crippen LogP contribution is 2.09. The van der Waals surface area contributed by atoms with Gasteiger partial charge in [0, 0.05) is 31.1 Å². The summed E-state index contributed by atoms with van der Waals surface area (Å²) >= 11 is 0. The number of hydrogen-bond donors (Lipinski definition) is 1. The summed E-state index contributed by atoms with van der Waals surface area (Å²) in [5.41, 5.74) is 1.09. The number of aromatic nitrogens is 2. The molecule has 0 radical (unpaired) electrons. The Bertz CT molecular complexity index is 229. The molecule has 3 nitrogen and oxygen atoms in total. The monoisotopic (exact) mass is 163 g/mol. The summed E-state index contributed by atoms with van der Waals surface area (Å²) in [5, 5.41) is 3.44. The molecule has 1 aromatic heterocycles. The van der Waals surface area contributed by atoms with Crippen molar-refractivity contribution in [3.63, 3.8) is 0 Å². The van der Waals surface area contributed by atoms with Gasteiger partial charge < -0.3 is 5.32 Å². The van der Waals surface area contributed by atoms with Crippen LogP contribution in [-0.2, 0) is 6.42 Å². The molecule has 0 saturated carbocycles. The van der Waals surface area contributed by atoms with Gasteiger partial charge in [0.25, 0.3) is 0 Å². The predicted molar refractivity (Wildman–Crippen MR) is 46.8 cm³/mol. The van der Waals surface area contributed by atoms with Crippen LogP contribution in [0.1, 0.15) is 18.5 Å². The molecule has 1 saturated heterocycles. The van der Waals surface area contributed by atoms with Crippen LogP contribution in [0.25, 0.3) is 0 Å². The fraction of sp³-hybridized carbons (Fsp3) is 0.556. The van der Waals surface area contributed by atoms with E-state index in [1.165, 1.54) is 12.8 Å². The smallest absolute Gasteiger partial charge is 0.0602 e. The van der Waals surface area contributed by atoms with E-state index >= 15 is 0 Å². The average molecular weight is 163 g/mol. The molecule has 2 rings (SSSR count). The maximum absolute atomic E-state index is 4.24. The van der Waals surface area contributed by atoms with Crippen molar-refractivity contribution < 1.29 is 0 Å². The second-order valence-corrected chi connectivity index (χ2v) is 3.19. The zero-order valence-electron chi connectivity index (χ0n) is 7.03. The van der Waals surface area contributed by atoms with E-state index in [1.54, 1.807) is 12.4 Å². The minimum Gasteiger partial charge on any atom is -0.314 e. The third kappa shape index (κ3) is 1.80. The van der Waals surface area contributed by atoms with E-state index < -0.39 is 0 Å². The van der Waals surface area contributed by atoms with Gasteiger partial charge in [-0.05, 0) is 19.4 Å². The maximum atomic E-state index is 4.24. The van der Waals surface area contributed by atoms with Gasteiger partial charge >= 0.3 is 0 Å². The number of hydrogen-bond acceptors (Lipinski definition) is 3. The Labute approximate surface area is 72.2 Å². The average Bonchev–Trinajstić information content (AvgIpc) is 2.59. The molecule has 1 atom stereocenters. The van der Waals surface area contributed by atoms with Crippen LogP contribution in [0.4, 0.5) is 0 Å². The Morgan fingerprint density at radius 2 is 2.50 bits per heavy atom. The third-order valence-corrected chi connectivity index (χ3v) is 2.23. The molecular weight excluding hydrogens is 150 g/mol. The zero-order valence-corrected chi connectivity index (χ0v) is 7.03. The first-order chi connectivity index (χ1) is 5.95. The van der Waals surface area contributed by atoms with Crippen LogP contribution in [0, 0.1) is 0 Å². The van der Waals surface area contributed by atoms with Crippen LogP contribution in [0.15, 0.2) is 18.6 Å². The molecule has 2 heterocycles. The highest BCUT2D eigenvalue weighted by atomic mass is 14.9. The van der Waals surface area contributed by atoms with Crippen LogP contribution >= 0.6 is 0 Å². The normalized spacial score (nSPS) is 22.8. The molecule has 0 amide bonds. The lowest BCUT2D eigenvalue weighted by Gasteiger charge is -2.07. The lowest BCUT2D eigenvalue weighted by Crippen LogP contribution is -2.24. The SMILES string of the molecule is c1cnc(CC2CCCN2)cn1. The van der Waals surface area contributed by atoms with Gasteiger partial charge in [0.1, 0.15) is 0 Å². The fourth-order valence-electron chi connectivity index (χ4n) is 1.62. The molecule has 1 N–H and O–H groups in total. The molecule has 1 aromatic rings. The molecule has 3 heteroatoms. The van der Waals surface area contributed by atoms with Crippen molar-refractivity contribution in [3.8, 4) is 0 Å². The summed E-state index contributed by atoms with van der Waals surface area (Å²) in [6.45, 7) is 1.16. The molecular formula is C9H13N3. The number of rotatable bonds is 2. The number of nitrogens with one attached hydrogen (secondary N) is 1. The molecule has 64 valence electrons. The van der Waals surface area contributed by atoms with Gasteiger partial charge in [0.15, 0.2) is 0 Å². The van der Waals surface area contributed by atoms with Crippen molar-refractivity contribution in [1.29, 1.82) is 0 Å². The van der Waals surface area contributed by atoms with Gasteiger partial charge in [0.05, 0.1) is 5.69 Å². The summed E-state index contributed by atoms with van der Waals surface area (Å²) in [4.78, 5) is 8.28. The van der Waals surface area contributed by atoms with Crippen molar-refractivity contribution in [1.82, 2.24) is 15.3 Å². The standard InChI is InChI=1S/C9H13N3/c1-2-8(11-3-1)6-9-7-10-4-5-12-9/h4-5,7-8,11H,1-3,6H2. The quantitative estimate of drug-likeness (QED) is 0.699. The van der Waals surface area contributed by atoms with E-state index in [-0.39, 0.29) is 0 Å². The first-order valence-electron chi connectivity index (χ1n) is 4.43. The van der Waals surface area contributed by atoms with Crippen LogP contribution < -0.4 is 5.32 Å². The number of nitrogens with zero attached hydrogens (tertiary/aromatic N) is 2. The highest BCUT2D eigenvalue weighted by Gasteiger charge is 2.14. The molecule has 0 spiro atoms. The van der Waals surface area contributed by atoms with Crippen molar-refractivity contribution in [2.24, 2.45) is 0 Å². The van der Waals surface area contributed by atoms with E-state index in [4.69, 9.17) is 0 Å². The molecule has 0 aromatic carbocycles. The second-order valence-electron chi connectivity index (χ2n) is 3.19. The van der Waals surface area contributed by atoms with Gasteiger partial charge in [-0.2, -0.15) is 0 Å². The Hall–Kier alpha value is -0.960. The topological polar surface area (TPSA) is 37.8 Å². The van der Waals surface area contributed by atoms with E-state index in [2.05, 4.69) is 15.3 Å². The zero-order chi connectivity index (χ0) is 8.23. The molecule has 1 unspecified atom stereocenters. The van der Waals surface area contributed by atoms with Crippen LogP contribution in [0.2, 0.25) is 0 Å². The Balaban J connectivity index is 1.94. The lowest BCUT2D eigenvalue weighted by atomic mass is 10.1. The maximum Gasteiger partial charge on any atom is 0.0602 e. The van der Waals surface area contributed by atoms with Gasteiger partial charge in [-0.3, -0.25) is 9.97 Å². The Morgan fingerprint density at radius 3 is 3.17 bits per heavy atom. The van der Waals surface area contributed by atoms with Crippen molar-refractivity contribution in [2.45, 2.75) is 25.3 Å². The minimum atomic E-state index is 0.627. The Kier molecular flexibility index (Phi) is 2.32. The van der Waals surface area contributed by atoms with Crippen molar-refractivity contribution >= 4 is 0 Å². The minimum absolute atomic E-state index is 0.627. The van der Waals surface area contributed by atoms with Crippen LogP contribution in [-0.4, -0.2) is 22.6 Å². The van der Waals surface area contributed by atoms with E-state index in [0.29, 0.717) is 6.04 Å². The Morgan fingerprint density at radius 1 is 1.50 bits per heavy atom. The fourth-order valence-corrected chi connectivity index (χ4v) is 1.62. The van der Waals surface area contributed by atoms with Gasteiger partial charge in [-0.1, -0.05) is 0 Å². The summed E-state index contributed by atoms with van der Waals surface area (Å²) in [6, 6.07) is 0.627. The van der Waals surface area contributed by atoms with Gasteiger partial charge in [0.2, 0.25) is 0 Å². The van der Waals surface area contributed by atoms with Crippen LogP contribution in [0.5, 0.6) is 0 Å². The molecule has 1 aliphatic rings.